The number of unbranched alkanes of at least 4 members (excludes halogenated alkanes) is 2. The van der Waals surface area contributed by atoms with Gasteiger partial charge in [-0.05, 0) is 70.4 Å². The lowest BCUT2D eigenvalue weighted by atomic mass is 9.97. The summed E-state index contributed by atoms with van der Waals surface area (Å²) in [6.45, 7) is 4.73. The van der Waals surface area contributed by atoms with Gasteiger partial charge in [0.2, 0.25) is 0 Å². The van der Waals surface area contributed by atoms with Gasteiger partial charge in [0.25, 0.3) is 0 Å². The van der Waals surface area contributed by atoms with Crippen molar-refractivity contribution in [2.24, 2.45) is 5.92 Å². The van der Waals surface area contributed by atoms with E-state index in [-0.39, 0.29) is 18.2 Å². The predicted octanol–water partition coefficient (Wildman–Crippen LogP) is 4.55. The molecule has 0 unspecified atom stereocenters. The molecular formula is C21H31ClFN3O. The second kappa shape index (κ2) is 11.4. The molecule has 0 spiro atoms. The summed E-state index contributed by atoms with van der Waals surface area (Å²) in [7, 11) is 2.24. The van der Waals surface area contributed by atoms with Crippen molar-refractivity contribution in [3.05, 3.63) is 41.9 Å². The van der Waals surface area contributed by atoms with Crippen LogP contribution in [-0.2, 0) is 6.42 Å². The summed E-state index contributed by atoms with van der Waals surface area (Å²) in [6, 6.07) is 8.40. The number of piperidine rings is 1. The van der Waals surface area contributed by atoms with Gasteiger partial charge in [-0.2, -0.15) is 0 Å². The normalized spacial score (nSPS) is 15.1. The van der Waals surface area contributed by atoms with Crippen LogP contribution in [-0.4, -0.2) is 43.3 Å². The summed E-state index contributed by atoms with van der Waals surface area (Å²) >= 11 is 0. The van der Waals surface area contributed by atoms with E-state index in [2.05, 4.69) is 22.4 Å². The van der Waals surface area contributed by atoms with Crippen LogP contribution in [0.2, 0.25) is 0 Å². The summed E-state index contributed by atoms with van der Waals surface area (Å²) in [5, 5.41) is 7.49. The molecule has 1 saturated heterocycles. The summed E-state index contributed by atoms with van der Waals surface area (Å²) < 4.78 is 18.7. The van der Waals surface area contributed by atoms with E-state index in [4.69, 9.17) is 4.52 Å². The molecule has 4 nitrogen and oxygen atoms in total. The van der Waals surface area contributed by atoms with Crippen molar-refractivity contribution >= 4 is 12.4 Å². The molecule has 3 rings (SSSR count). The third-order valence-corrected chi connectivity index (χ3v) is 5.17. The number of aryl methyl sites for hydroxylation is 1. The number of rotatable bonds is 9. The van der Waals surface area contributed by atoms with Gasteiger partial charge in [-0.25, -0.2) is 4.39 Å². The molecule has 2 aromatic rings. The second-order valence-electron chi connectivity index (χ2n) is 7.46. The van der Waals surface area contributed by atoms with Crippen molar-refractivity contribution in [2.75, 3.05) is 33.2 Å². The first kappa shape index (κ1) is 21.9. The Morgan fingerprint density at radius 3 is 2.78 bits per heavy atom. The van der Waals surface area contributed by atoms with Gasteiger partial charge in [-0.1, -0.05) is 23.7 Å². The van der Waals surface area contributed by atoms with Crippen LogP contribution in [0.3, 0.4) is 0 Å². The third kappa shape index (κ3) is 7.24. The van der Waals surface area contributed by atoms with Gasteiger partial charge in [0.15, 0.2) is 0 Å². The van der Waals surface area contributed by atoms with E-state index in [0.29, 0.717) is 5.69 Å². The van der Waals surface area contributed by atoms with Crippen molar-refractivity contribution in [3.63, 3.8) is 0 Å². The molecule has 6 heteroatoms. The molecule has 0 aliphatic carbocycles. The SMILES string of the molecule is CN(CCCCCc1cc(-c2cccc(F)c2)no1)CC1CCNCC1.Cl. The van der Waals surface area contributed by atoms with Gasteiger partial charge in [0, 0.05) is 24.6 Å². The molecular weight excluding hydrogens is 365 g/mol. The lowest BCUT2D eigenvalue weighted by Gasteiger charge is -2.27. The van der Waals surface area contributed by atoms with Gasteiger partial charge in [0.05, 0.1) is 0 Å². The number of aromatic nitrogens is 1. The Kier molecular flexibility index (Phi) is 9.25. The summed E-state index contributed by atoms with van der Waals surface area (Å²) in [5.74, 6) is 1.49. The van der Waals surface area contributed by atoms with Crippen LogP contribution in [0.1, 0.15) is 37.9 Å². The molecule has 150 valence electrons. The highest BCUT2D eigenvalue weighted by molar-refractivity contribution is 5.85. The molecule has 0 bridgehead atoms. The maximum Gasteiger partial charge on any atom is 0.137 e. The number of halogens is 2. The first-order valence-corrected chi connectivity index (χ1v) is 9.81. The second-order valence-corrected chi connectivity index (χ2v) is 7.46. The van der Waals surface area contributed by atoms with Crippen LogP contribution >= 0.6 is 12.4 Å². The van der Waals surface area contributed by atoms with E-state index in [1.54, 1.807) is 6.07 Å². The Morgan fingerprint density at radius 1 is 1.19 bits per heavy atom. The maximum absolute atomic E-state index is 13.3. The molecule has 27 heavy (non-hydrogen) atoms. The topological polar surface area (TPSA) is 41.3 Å². The number of hydrogen-bond donors (Lipinski definition) is 1. The van der Waals surface area contributed by atoms with E-state index >= 15 is 0 Å². The van der Waals surface area contributed by atoms with Crippen molar-refractivity contribution in [3.8, 4) is 11.3 Å². The fourth-order valence-electron chi connectivity index (χ4n) is 3.67. The minimum atomic E-state index is -0.249. The summed E-state index contributed by atoms with van der Waals surface area (Å²) in [6.07, 6.45) is 7.01. The van der Waals surface area contributed by atoms with Crippen molar-refractivity contribution < 1.29 is 8.91 Å². The molecule has 1 N–H and O–H groups in total. The highest BCUT2D eigenvalue weighted by Gasteiger charge is 2.14. The minimum absolute atomic E-state index is 0. The van der Waals surface area contributed by atoms with Gasteiger partial charge < -0.3 is 14.7 Å². The lowest BCUT2D eigenvalue weighted by Crippen LogP contribution is -2.34. The number of benzene rings is 1. The number of hydrogen-bond acceptors (Lipinski definition) is 4. The highest BCUT2D eigenvalue weighted by atomic mass is 35.5. The fraction of sp³-hybridized carbons (Fsp3) is 0.571. The molecule has 1 aromatic heterocycles. The maximum atomic E-state index is 13.3. The smallest absolute Gasteiger partial charge is 0.137 e. The van der Waals surface area contributed by atoms with Crippen LogP contribution in [0.4, 0.5) is 4.39 Å². The van der Waals surface area contributed by atoms with Gasteiger partial charge in [-0.3, -0.25) is 0 Å². The Hall–Kier alpha value is -1.43. The zero-order valence-corrected chi connectivity index (χ0v) is 16.9. The largest absolute Gasteiger partial charge is 0.361 e. The molecule has 2 heterocycles. The highest BCUT2D eigenvalue weighted by Crippen LogP contribution is 2.21. The van der Waals surface area contributed by atoms with Crippen LogP contribution < -0.4 is 5.32 Å². The monoisotopic (exact) mass is 395 g/mol. The Morgan fingerprint density at radius 2 is 2.00 bits per heavy atom. The first-order valence-electron chi connectivity index (χ1n) is 9.81. The van der Waals surface area contributed by atoms with E-state index < -0.39 is 0 Å². The Labute approximate surface area is 167 Å². The zero-order valence-electron chi connectivity index (χ0n) is 16.1. The molecule has 0 atom stereocenters. The molecule has 1 aliphatic heterocycles. The van der Waals surface area contributed by atoms with E-state index in [1.807, 2.05) is 12.1 Å². The molecule has 0 amide bonds. The van der Waals surface area contributed by atoms with Gasteiger partial charge in [0.1, 0.15) is 17.3 Å². The Balaban J connectivity index is 0.00000261. The fourth-order valence-corrected chi connectivity index (χ4v) is 3.67. The van der Waals surface area contributed by atoms with E-state index in [9.17, 15) is 4.39 Å². The first-order chi connectivity index (χ1) is 12.7. The summed E-state index contributed by atoms with van der Waals surface area (Å²) in [4.78, 5) is 2.48. The van der Waals surface area contributed by atoms with Gasteiger partial charge >= 0.3 is 0 Å². The van der Waals surface area contributed by atoms with Crippen LogP contribution in [0.25, 0.3) is 11.3 Å². The molecule has 1 aliphatic rings. The van der Waals surface area contributed by atoms with Crippen LogP contribution in [0.5, 0.6) is 0 Å². The van der Waals surface area contributed by atoms with Crippen molar-refractivity contribution in [1.29, 1.82) is 0 Å². The number of nitrogens with zero attached hydrogens (tertiary/aromatic N) is 2. The van der Waals surface area contributed by atoms with Crippen molar-refractivity contribution in [2.45, 2.75) is 38.5 Å². The van der Waals surface area contributed by atoms with Gasteiger partial charge in [-0.15, -0.1) is 12.4 Å². The standard InChI is InChI=1S/C21H30FN3O.ClH/c1-25(16-17-9-11-23-12-10-17)13-4-2-3-8-20-15-21(24-26-20)18-6-5-7-19(22)14-18;/h5-7,14-15,17,23H,2-4,8-13,16H2,1H3;1H. The quantitative estimate of drug-likeness (QED) is 0.632. The molecule has 1 fully saturated rings. The lowest BCUT2D eigenvalue weighted by molar-refractivity contribution is 0.236. The Bertz CT molecular complexity index is 673. The van der Waals surface area contributed by atoms with Crippen LogP contribution in [0.15, 0.2) is 34.9 Å². The average molecular weight is 396 g/mol. The summed E-state index contributed by atoms with van der Waals surface area (Å²) in [5.41, 5.74) is 1.47. The molecule has 0 radical (unpaired) electrons. The minimum Gasteiger partial charge on any atom is -0.361 e. The molecule has 1 aromatic carbocycles. The average Bonchev–Trinajstić information content (AvgIpc) is 3.11. The van der Waals surface area contributed by atoms with Crippen molar-refractivity contribution in [1.82, 2.24) is 15.4 Å². The van der Waals surface area contributed by atoms with Crippen LogP contribution in [0, 0.1) is 11.7 Å². The van der Waals surface area contributed by atoms with E-state index in [1.165, 1.54) is 57.5 Å². The third-order valence-electron chi connectivity index (χ3n) is 5.17. The zero-order chi connectivity index (χ0) is 18.2. The number of nitrogens with one attached hydrogen (secondary N) is 1. The molecule has 0 saturated carbocycles. The van der Waals surface area contributed by atoms with E-state index in [0.717, 1.165) is 36.6 Å². The predicted molar refractivity (Wildman–Crippen MR) is 110 cm³/mol.